The molecule has 224 valence electrons. The predicted molar refractivity (Wildman–Crippen MR) is 206 cm³/mol. The molecule has 0 aliphatic carbocycles. The first-order valence-electron chi connectivity index (χ1n) is 15.5. The highest BCUT2D eigenvalue weighted by Gasteiger charge is 2.36. The Kier molecular flexibility index (Phi) is 9.76. The van der Waals surface area contributed by atoms with Crippen LogP contribution in [-0.2, 0) is 4.12 Å². The van der Waals surface area contributed by atoms with E-state index < -0.39 is 32.5 Å². The van der Waals surface area contributed by atoms with E-state index in [4.69, 9.17) is 4.12 Å². The van der Waals surface area contributed by atoms with Gasteiger partial charge >= 0.3 is 0 Å². The maximum absolute atomic E-state index is 7.23. The molecular formula is C40H40OP2Si2. The summed E-state index contributed by atoms with van der Waals surface area (Å²) >= 11 is 0. The monoisotopic (exact) mass is 654 g/mol. The molecule has 0 aliphatic heterocycles. The van der Waals surface area contributed by atoms with E-state index >= 15 is 0 Å². The van der Waals surface area contributed by atoms with Crippen molar-refractivity contribution >= 4 is 74.7 Å². The molecule has 0 aliphatic rings. The van der Waals surface area contributed by atoms with Gasteiger partial charge in [-0.1, -0.05) is 170 Å². The Bertz CT molecular complexity index is 1580. The minimum Gasteiger partial charge on any atom is -0.449 e. The standard InChI is InChI=1S/C40H40OP2Si2/c1-44(2,39-29-25-37(26-30-39)42(33-17-9-5-10-18-33)34-19-11-6-12-20-34)41-45(3,4)40-31-27-38(28-32-40)43(35-21-13-7-14-22-35)36-23-15-8-16-24-36/h5-32H,1-4H3. The predicted octanol–water partition coefficient (Wildman–Crippen LogP) is 6.74. The summed E-state index contributed by atoms with van der Waals surface area (Å²) in [6.45, 7) is 9.41. The van der Waals surface area contributed by atoms with Gasteiger partial charge in [-0.05, 0) is 84.2 Å². The van der Waals surface area contributed by atoms with Crippen LogP contribution in [0.25, 0.3) is 0 Å². The fourth-order valence-electron chi connectivity index (χ4n) is 5.98. The first-order chi connectivity index (χ1) is 21.8. The summed E-state index contributed by atoms with van der Waals surface area (Å²) in [5.74, 6) is 0. The zero-order chi connectivity index (χ0) is 31.3. The summed E-state index contributed by atoms with van der Waals surface area (Å²) < 4.78 is 7.23. The summed E-state index contributed by atoms with van der Waals surface area (Å²) in [6.07, 6.45) is 0. The quantitative estimate of drug-likeness (QED) is 0.117. The highest BCUT2D eigenvalue weighted by atomic mass is 31.1. The van der Waals surface area contributed by atoms with Crippen LogP contribution in [0.5, 0.6) is 0 Å². The lowest BCUT2D eigenvalue weighted by Crippen LogP contribution is -2.57. The summed E-state index contributed by atoms with van der Waals surface area (Å²) in [5.41, 5.74) is 0. The van der Waals surface area contributed by atoms with Crippen molar-refractivity contribution < 1.29 is 4.12 Å². The zero-order valence-corrected chi connectivity index (χ0v) is 30.3. The van der Waals surface area contributed by atoms with Crippen molar-refractivity contribution in [1.82, 2.24) is 0 Å². The molecule has 6 rings (SSSR count). The van der Waals surface area contributed by atoms with Gasteiger partial charge in [-0.3, -0.25) is 0 Å². The number of hydrogen-bond acceptors (Lipinski definition) is 1. The van der Waals surface area contributed by atoms with Crippen LogP contribution in [0, 0.1) is 0 Å². The van der Waals surface area contributed by atoms with Crippen molar-refractivity contribution in [1.29, 1.82) is 0 Å². The van der Waals surface area contributed by atoms with E-state index in [1.54, 1.807) is 0 Å². The maximum Gasteiger partial charge on any atom is 0.206 e. The van der Waals surface area contributed by atoms with Gasteiger partial charge in [-0.2, -0.15) is 0 Å². The Balaban J connectivity index is 1.24. The Labute approximate surface area is 273 Å². The largest absolute Gasteiger partial charge is 0.449 e. The lowest BCUT2D eigenvalue weighted by atomic mass is 10.3. The molecule has 0 saturated heterocycles. The molecule has 0 heterocycles. The minimum absolute atomic E-state index is 0.615. The van der Waals surface area contributed by atoms with Crippen LogP contribution >= 0.6 is 15.8 Å². The molecular weight excluding hydrogens is 615 g/mol. The Morgan fingerprint density at radius 2 is 0.533 bits per heavy atom. The van der Waals surface area contributed by atoms with E-state index in [9.17, 15) is 0 Å². The van der Waals surface area contributed by atoms with Crippen molar-refractivity contribution in [3.63, 3.8) is 0 Å². The van der Waals surface area contributed by atoms with Crippen LogP contribution in [-0.4, -0.2) is 16.6 Å². The van der Waals surface area contributed by atoms with Crippen LogP contribution in [0.2, 0.25) is 26.2 Å². The van der Waals surface area contributed by atoms with E-state index in [1.807, 2.05) is 0 Å². The highest BCUT2D eigenvalue weighted by molar-refractivity contribution is 7.80. The SMILES string of the molecule is C[Si](C)(O[Si](C)(C)c1ccc(P(c2ccccc2)c2ccccc2)cc1)c1ccc(P(c2ccccc2)c2ccccc2)cc1. The molecule has 0 fully saturated rings. The molecule has 0 saturated carbocycles. The summed E-state index contributed by atoms with van der Waals surface area (Å²) in [6, 6.07) is 62.4. The van der Waals surface area contributed by atoms with Gasteiger partial charge in [-0.25, -0.2) is 0 Å². The molecule has 0 aromatic heterocycles. The third kappa shape index (κ3) is 7.36. The summed E-state index contributed by atoms with van der Waals surface area (Å²) in [7, 11) is -5.59. The molecule has 45 heavy (non-hydrogen) atoms. The van der Waals surface area contributed by atoms with Crippen LogP contribution < -0.4 is 42.2 Å². The fourth-order valence-corrected chi connectivity index (χ4v) is 18.5. The topological polar surface area (TPSA) is 9.23 Å². The van der Waals surface area contributed by atoms with E-state index in [-0.39, 0.29) is 0 Å². The van der Waals surface area contributed by atoms with Crippen molar-refractivity contribution in [2.75, 3.05) is 0 Å². The molecule has 0 amide bonds. The number of benzene rings is 6. The van der Waals surface area contributed by atoms with E-state index in [0.29, 0.717) is 0 Å². The lowest BCUT2D eigenvalue weighted by molar-refractivity contribution is 0.573. The lowest BCUT2D eigenvalue weighted by Gasteiger charge is -2.35. The molecule has 1 nitrogen and oxygen atoms in total. The summed E-state index contributed by atoms with van der Waals surface area (Å²) in [4.78, 5) is 0. The van der Waals surface area contributed by atoms with Gasteiger partial charge in [0.25, 0.3) is 0 Å². The van der Waals surface area contributed by atoms with Crippen LogP contribution in [0.4, 0.5) is 0 Å². The molecule has 6 aromatic carbocycles. The molecule has 6 aromatic rings. The zero-order valence-electron chi connectivity index (χ0n) is 26.5. The van der Waals surface area contributed by atoms with Gasteiger partial charge < -0.3 is 4.12 Å². The van der Waals surface area contributed by atoms with Gasteiger partial charge in [0.1, 0.15) is 0 Å². The molecule has 0 unspecified atom stereocenters. The first-order valence-corrected chi connectivity index (χ1v) is 24.0. The Morgan fingerprint density at radius 3 is 0.778 bits per heavy atom. The van der Waals surface area contributed by atoms with Crippen LogP contribution in [0.15, 0.2) is 170 Å². The highest BCUT2D eigenvalue weighted by Crippen LogP contribution is 2.33. The molecule has 0 radical (unpaired) electrons. The van der Waals surface area contributed by atoms with Gasteiger partial charge in [0.15, 0.2) is 0 Å². The maximum atomic E-state index is 7.23. The van der Waals surface area contributed by atoms with Crippen molar-refractivity contribution in [3.05, 3.63) is 170 Å². The van der Waals surface area contributed by atoms with E-state index in [2.05, 4.69) is 196 Å². The Morgan fingerprint density at radius 1 is 0.311 bits per heavy atom. The molecule has 0 spiro atoms. The second kappa shape index (κ2) is 13.9. The van der Waals surface area contributed by atoms with Crippen molar-refractivity contribution in [3.8, 4) is 0 Å². The normalized spacial score (nSPS) is 12.0. The second-order valence-corrected chi connectivity index (χ2v) is 24.7. The second-order valence-electron chi connectivity index (χ2n) is 12.2. The van der Waals surface area contributed by atoms with Crippen molar-refractivity contribution in [2.45, 2.75) is 26.2 Å². The van der Waals surface area contributed by atoms with E-state index in [0.717, 1.165) is 0 Å². The number of rotatable bonds is 10. The minimum atomic E-state index is -2.18. The molecule has 0 atom stereocenters. The first kappa shape index (κ1) is 31.6. The third-order valence-corrected chi connectivity index (χ3v) is 20.6. The Hall–Kier alpha value is -3.43. The van der Waals surface area contributed by atoms with E-state index in [1.165, 1.54) is 42.2 Å². The third-order valence-electron chi connectivity index (χ3n) is 8.21. The average molecular weight is 655 g/mol. The fraction of sp³-hybridized carbons (Fsp3) is 0.100. The average Bonchev–Trinajstić information content (AvgIpc) is 3.07. The smallest absolute Gasteiger partial charge is 0.206 e. The van der Waals surface area contributed by atoms with Gasteiger partial charge in [0.05, 0.1) is 0 Å². The van der Waals surface area contributed by atoms with Gasteiger partial charge in [0.2, 0.25) is 16.6 Å². The van der Waals surface area contributed by atoms with Crippen molar-refractivity contribution in [2.24, 2.45) is 0 Å². The van der Waals surface area contributed by atoms with Crippen LogP contribution in [0.3, 0.4) is 0 Å². The number of hydrogen-bond donors (Lipinski definition) is 0. The van der Waals surface area contributed by atoms with Gasteiger partial charge in [0, 0.05) is 0 Å². The molecule has 0 bridgehead atoms. The molecule has 0 N–H and O–H groups in total. The summed E-state index contributed by atoms with van der Waals surface area (Å²) in [5, 5.41) is 10.9. The molecule has 5 heteroatoms. The van der Waals surface area contributed by atoms with Gasteiger partial charge in [-0.15, -0.1) is 0 Å². The van der Waals surface area contributed by atoms with Crippen LogP contribution in [0.1, 0.15) is 0 Å².